The first-order valence-corrected chi connectivity index (χ1v) is 15.4. The maximum Gasteiger partial charge on any atom is 0.256 e. The molecule has 3 heterocycles. The molecule has 2 atom stereocenters. The van der Waals surface area contributed by atoms with Gasteiger partial charge in [0.25, 0.3) is 6.71 Å². The molecule has 0 N–H and O–H groups in total. The molecule has 1 saturated carbocycles. The first-order chi connectivity index (χ1) is 20.1. The number of benzene rings is 4. The molecule has 200 valence electrons. The minimum Gasteiger partial charge on any atom is -0.458 e. The topological polar surface area (TPSA) is 12.5 Å². The highest BCUT2D eigenvalue weighted by molar-refractivity contribution is 6.99. The number of hydrogen-bond acceptors (Lipinski definition) is 2. The molecule has 5 aliphatic rings. The van der Waals surface area contributed by atoms with E-state index in [9.17, 15) is 0 Å². The SMILES string of the molecule is CC12CCCC[C@@]1(C)c1cccc3c1N2c1c(-c2ccccc2)cc(C2=CC=CCC2)c2c1B3c1ccccc1O2. The number of rotatable bonds is 2. The molecule has 9 rings (SSSR count). The number of nitrogens with zero attached hydrogens (tertiary/aromatic N) is 1. The van der Waals surface area contributed by atoms with E-state index in [1.54, 1.807) is 0 Å². The highest BCUT2D eigenvalue weighted by Crippen LogP contribution is 2.62. The molecule has 2 nitrogen and oxygen atoms in total. The number of ether oxygens (including phenoxy) is 1. The van der Waals surface area contributed by atoms with Crippen LogP contribution in [0.4, 0.5) is 11.4 Å². The van der Waals surface area contributed by atoms with Crippen molar-refractivity contribution >= 4 is 40.0 Å². The molecule has 3 aliphatic heterocycles. The Balaban J connectivity index is 1.46. The second kappa shape index (κ2) is 8.29. The molecule has 41 heavy (non-hydrogen) atoms. The third kappa shape index (κ3) is 2.94. The largest absolute Gasteiger partial charge is 0.458 e. The fourth-order valence-electron chi connectivity index (χ4n) is 8.97. The first-order valence-electron chi connectivity index (χ1n) is 15.4. The zero-order chi connectivity index (χ0) is 27.3. The zero-order valence-electron chi connectivity index (χ0n) is 23.9. The highest BCUT2D eigenvalue weighted by Gasteiger charge is 2.61. The summed E-state index contributed by atoms with van der Waals surface area (Å²) in [7, 11) is 0. The van der Waals surface area contributed by atoms with E-state index in [0.29, 0.717) is 0 Å². The Kier molecular flexibility index (Phi) is 4.79. The number of hydrogen-bond donors (Lipinski definition) is 0. The van der Waals surface area contributed by atoms with Crippen molar-refractivity contribution in [2.45, 2.75) is 63.3 Å². The van der Waals surface area contributed by atoms with Gasteiger partial charge in [-0.1, -0.05) is 105 Å². The minimum absolute atomic E-state index is 0.00270. The Hall–Kier alpha value is -3.98. The molecule has 1 unspecified atom stereocenters. The normalized spacial score (nSPS) is 24.6. The van der Waals surface area contributed by atoms with E-state index in [1.165, 1.54) is 81.3 Å². The molecule has 0 spiro atoms. The summed E-state index contributed by atoms with van der Waals surface area (Å²) in [5.41, 5.74) is 13.8. The van der Waals surface area contributed by atoms with Crippen molar-refractivity contribution in [1.82, 2.24) is 0 Å². The second-order valence-corrected chi connectivity index (χ2v) is 13.1. The van der Waals surface area contributed by atoms with Gasteiger partial charge in [-0.2, -0.15) is 0 Å². The summed E-state index contributed by atoms with van der Waals surface area (Å²) in [6.07, 6.45) is 13.9. The molecule has 3 heteroatoms. The fraction of sp³-hybridized carbons (Fsp3) is 0.263. The minimum atomic E-state index is -0.00270. The molecule has 0 amide bonds. The fourth-order valence-corrected chi connectivity index (χ4v) is 8.97. The lowest BCUT2D eigenvalue weighted by molar-refractivity contribution is 0.195. The van der Waals surface area contributed by atoms with Gasteiger partial charge in [0.15, 0.2) is 0 Å². The number of allylic oxidation sites excluding steroid dienone is 4. The third-order valence-corrected chi connectivity index (χ3v) is 11.2. The van der Waals surface area contributed by atoms with E-state index in [-0.39, 0.29) is 17.7 Å². The van der Waals surface area contributed by atoms with Gasteiger partial charge in [-0.15, -0.1) is 0 Å². The van der Waals surface area contributed by atoms with Crippen LogP contribution in [0.3, 0.4) is 0 Å². The Morgan fingerprint density at radius 1 is 0.805 bits per heavy atom. The molecule has 2 aliphatic carbocycles. The van der Waals surface area contributed by atoms with E-state index in [1.807, 2.05) is 0 Å². The van der Waals surface area contributed by atoms with Crippen LogP contribution in [0.1, 0.15) is 63.5 Å². The van der Waals surface area contributed by atoms with Gasteiger partial charge < -0.3 is 9.64 Å². The van der Waals surface area contributed by atoms with Gasteiger partial charge in [0, 0.05) is 27.9 Å². The Labute approximate surface area is 243 Å². The molecule has 0 bridgehead atoms. The van der Waals surface area contributed by atoms with Crippen molar-refractivity contribution < 1.29 is 4.74 Å². The van der Waals surface area contributed by atoms with Crippen LogP contribution in [0, 0.1) is 0 Å². The van der Waals surface area contributed by atoms with Crippen LogP contribution in [-0.2, 0) is 5.41 Å². The lowest BCUT2D eigenvalue weighted by Crippen LogP contribution is -2.63. The predicted molar refractivity (Wildman–Crippen MR) is 172 cm³/mol. The molecule has 0 saturated heterocycles. The van der Waals surface area contributed by atoms with Crippen LogP contribution in [-0.4, -0.2) is 12.3 Å². The lowest BCUT2D eigenvalue weighted by atomic mass is 9.33. The van der Waals surface area contributed by atoms with Crippen LogP contribution >= 0.6 is 0 Å². The van der Waals surface area contributed by atoms with Crippen molar-refractivity contribution in [3.8, 4) is 22.6 Å². The summed E-state index contributed by atoms with van der Waals surface area (Å²) >= 11 is 0. The summed E-state index contributed by atoms with van der Waals surface area (Å²) in [4.78, 5) is 2.81. The Bertz CT molecular complexity index is 1820. The average molecular weight is 532 g/mol. The quantitative estimate of drug-likeness (QED) is 0.216. The molecule has 4 aromatic rings. The monoisotopic (exact) mass is 531 g/mol. The molecule has 0 radical (unpaired) electrons. The molecule has 4 aromatic carbocycles. The first kappa shape index (κ1) is 23.7. The summed E-state index contributed by atoms with van der Waals surface area (Å²) in [6.45, 7) is 5.25. The van der Waals surface area contributed by atoms with Crippen molar-refractivity contribution in [1.29, 1.82) is 0 Å². The summed E-state index contributed by atoms with van der Waals surface area (Å²) in [5, 5.41) is 0. The van der Waals surface area contributed by atoms with Gasteiger partial charge in [0.2, 0.25) is 0 Å². The molecule has 0 aromatic heterocycles. The van der Waals surface area contributed by atoms with Crippen LogP contribution < -0.4 is 26.0 Å². The standard InChI is InChI=1S/C38H34BNO/c1-37-22-11-12-23-38(37,2)40-34-27(25-14-5-3-6-15-25)24-28(26-16-7-4-8-17-26)36-33(34)39(30-19-9-10-21-32(30)41-36)31-20-13-18-29(37)35(31)40/h3-7,9-10,13-16,18-21,24H,8,11-12,17,22-23H2,1-2H3/t37-,38?/m0/s1. The van der Waals surface area contributed by atoms with Crippen molar-refractivity contribution in [3.05, 3.63) is 108 Å². The summed E-state index contributed by atoms with van der Waals surface area (Å²) in [6, 6.07) is 29.5. The average Bonchev–Trinajstić information content (AvgIpc) is 3.24. The van der Waals surface area contributed by atoms with Gasteiger partial charge in [0.1, 0.15) is 11.5 Å². The maximum atomic E-state index is 7.03. The number of fused-ring (bicyclic) bond motifs is 7. The van der Waals surface area contributed by atoms with Gasteiger partial charge in [-0.05, 0) is 77.8 Å². The van der Waals surface area contributed by atoms with Crippen molar-refractivity contribution in [2.24, 2.45) is 0 Å². The van der Waals surface area contributed by atoms with E-state index in [0.717, 1.165) is 24.3 Å². The van der Waals surface area contributed by atoms with Gasteiger partial charge in [0.05, 0.1) is 5.54 Å². The van der Waals surface area contributed by atoms with Crippen LogP contribution in [0.25, 0.3) is 16.7 Å². The lowest BCUT2D eigenvalue weighted by Gasteiger charge is -2.52. The summed E-state index contributed by atoms with van der Waals surface area (Å²) < 4.78 is 7.03. The van der Waals surface area contributed by atoms with Gasteiger partial charge >= 0.3 is 0 Å². The molecular weight excluding hydrogens is 497 g/mol. The van der Waals surface area contributed by atoms with Crippen molar-refractivity contribution in [3.63, 3.8) is 0 Å². The smallest absolute Gasteiger partial charge is 0.256 e. The van der Waals surface area contributed by atoms with E-state index < -0.39 is 0 Å². The third-order valence-electron chi connectivity index (χ3n) is 11.2. The highest BCUT2D eigenvalue weighted by atomic mass is 16.5. The molecule has 1 fully saturated rings. The second-order valence-electron chi connectivity index (χ2n) is 13.1. The van der Waals surface area contributed by atoms with E-state index >= 15 is 0 Å². The molecular formula is C38H34BNO. The van der Waals surface area contributed by atoms with Crippen molar-refractivity contribution in [2.75, 3.05) is 4.90 Å². The Morgan fingerprint density at radius 2 is 1.61 bits per heavy atom. The van der Waals surface area contributed by atoms with E-state index in [2.05, 4.69) is 116 Å². The van der Waals surface area contributed by atoms with Crippen LogP contribution in [0.2, 0.25) is 0 Å². The van der Waals surface area contributed by atoms with Crippen LogP contribution in [0.15, 0.2) is 97.1 Å². The van der Waals surface area contributed by atoms with Gasteiger partial charge in [-0.25, -0.2) is 0 Å². The predicted octanol–water partition coefficient (Wildman–Crippen LogP) is 7.76. The summed E-state index contributed by atoms with van der Waals surface area (Å²) in [5.74, 6) is 2.06. The number of anilines is 2. The Morgan fingerprint density at radius 3 is 2.46 bits per heavy atom. The number of para-hydroxylation sites is 2. The maximum absolute atomic E-state index is 7.03. The van der Waals surface area contributed by atoms with E-state index in [4.69, 9.17) is 4.74 Å². The van der Waals surface area contributed by atoms with Gasteiger partial charge in [-0.3, -0.25) is 0 Å². The zero-order valence-corrected chi connectivity index (χ0v) is 23.9. The van der Waals surface area contributed by atoms with Crippen LogP contribution in [0.5, 0.6) is 11.5 Å².